The van der Waals surface area contributed by atoms with Crippen LogP contribution in [0.2, 0.25) is 0 Å². The van der Waals surface area contributed by atoms with Crippen LogP contribution in [-0.2, 0) is 11.2 Å². The van der Waals surface area contributed by atoms with Crippen molar-refractivity contribution in [3.05, 3.63) is 35.7 Å². The molecule has 68 valence electrons. The number of carboxylic acids is 1. The van der Waals surface area contributed by atoms with Crippen LogP contribution in [-0.4, -0.2) is 16.1 Å². The summed E-state index contributed by atoms with van der Waals surface area (Å²) in [5.74, 6) is -0.943. The van der Waals surface area contributed by atoms with Gasteiger partial charge in [-0.3, -0.25) is 4.98 Å². The van der Waals surface area contributed by atoms with E-state index in [4.69, 9.17) is 5.11 Å². The molecule has 0 aliphatic heterocycles. The predicted molar refractivity (Wildman–Crippen MR) is 50.3 cm³/mol. The minimum atomic E-state index is -0.943. The van der Waals surface area contributed by atoms with Gasteiger partial charge >= 0.3 is 5.97 Å². The van der Waals surface area contributed by atoms with E-state index in [-0.39, 0.29) is 0 Å². The van der Waals surface area contributed by atoms with E-state index in [1.54, 1.807) is 12.4 Å². The Morgan fingerprint density at radius 3 is 3.00 bits per heavy atom. The Kier molecular flexibility index (Phi) is 3.20. The van der Waals surface area contributed by atoms with Crippen LogP contribution in [0.5, 0.6) is 0 Å². The Hall–Kier alpha value is -1.64. The van der Waals surface area contributed by atoms with Gasteiger partial charge in [-0.25, -0.2) is 4.79 Å². The highest BCUT2D eigenvalue weighted by atomic mass is 16.4. The zero-order chi connectivity index (χ0) is 9.68. The second-order valence-corrected chi connectivity index (χ2v) is 2.65. The lowest BCUT2D eigenvalue weighted by Gasteiger charge is -1.96. The average Bonchev–Trinajstić information content (AvgIpc) is 2.15. The molecule has 3 heteroatoms. The van der Waals surface area contributed by atoms with Crippen LogP contribution >= 0.6 is 0 Å². The first-order valence-electron chi connectivity index (χ1n) is 4.07. The highest BCUT2D eigenvalue weighted by Gasteiger charge is 1.92. The second kappa shape index (κ2) is 4.40. The summed E-state index contributed by atoms with van der Waals surface area (Å²) >= 11 is 0. The number of aryl methyl sites for hydroxylation is 1. The summed E-state index contributed by atoms with van der Waals surface area (Å²) < 4.78 is 0. The molecule has 0 amide bonds. The van der Waals surface area contributed by atoms with Crippen molar-refractivity contribution in [1.29, 1.82) is 0 Å². The molecule has 0 spiro atoms. The number of aromatic nitrogens is 1. The summed E-state index contributed by atoms with van der Waals surface area (Å²) in [5.41, 5.74) is 1.93. The summed E-state index contributed by atoms with van der Waals surface area (Å²) in [5, 5.41) is 8.39. The average molecular weight is 177 g/mol. The van der Waals surface area contributed by atoms with Crippen molar-refractivity contribution in [3.63, 3.8) is 0 Å². The standard InChI is InChI=1S/C10H11NO2/c1-2-8-5-9(7-11-6-8)3-4-10(12)13/h3-7H,2H2,1H3,(H,12,13). The maximum absolute atomic E-state index is 10.2. The Morgan fingerprint density at radius 2 is 2.38 bits per heavy atom. The molecule has 1 aromatic rings. The summed E-state index contributed by atoms with van der Waals surface area (Å²) in [7, 11) is 0. The van der Waals surface area contributed by atoms with Crippen molar-refractivity contribution in [2.75, 3.05) is 0 Å². The van der Waals surface area contributed by atoms with E-state index in [0.717, 1.165) is 23.6 Å². The van der Waals surface area contributed by atoms with Gasteiger partial charge < -0.3 is 5.11 Å². The van der Waals surface area contributed by atoms with Crippen molar-refractivity contribution >= 4 is 12.0 Å². The molecular weight excluding hydrogens is 166 g/mol. The molecule has 1 N–H and O–H groups in total. The molecule has 0 bridgehead atoms. The summed E-state index contributed by atoms with van der Waals surface area (Å²) in [6.07, 6.45) is 6.96. The van der Waals surface area contributed by atoms with Gasteiger partial charge in [-0.2, -0.15) is 0 Å². The number of hydrogen-bond acceptors (Lipinski definition) is 2. The van der Waals surface area contributed by atoms with Gasteiger partial charge in [0.1, 0.15) is 0 Å². The molecule has 1 rings (SSSR count). The van der Waals surface area contributed by atoms with E-state index < -0.39 is 5.97 Å². The largest absolute Gasteiger partial charge is 0.478 e. The Balaban J connectivity index is 2.83. The monoisotopic (exact) mass is 177 g/mol. The normalized spacial score (nSPS) is 10.5. The molecule has 0 radical (unpaired) electrons. The number of hydrogen-bond donors (Lipinski definition) is 1. The minimum absolute atomic E-state index is 0.821. The van der Waals surface area contributed by atoms with Gasteiger partial charge in [0.15, 0.2) is 0 Å². The third-order valence-electron chi connectivity index (χ3n) is 1.64. The molecule has 0 aliphatic carbocycles. The van der Waals surface area contributed by atoms with Crippen molar-refractivity contribution in [2.24, 2.45) is 0 Å². The molecule has 0 aliphatic rings. The minimum Gasteiger partial charge on any atom is -0.478 e. The Bertz CT molecular complexity index is 331. The number of nitrogens with zero attached hydrogens (tertiary/aromatic N) is 1. The van der Waals surface area contributed by atoms with E-state index in [2.05, 4.69) is 4.98 Å². The predicted octanol–water partition coefficient (Wildman–Crippen LogP) is 1.74. The van der Waals surface area contributed by atoms with Gasteiger partial charge in [-0.1, -0.05) is 6.92 Å². The van der Waals surface area contributed by atoms with E-state index in [1.807, 2.05) is 13.0 Å². The summed E-state index contributed by atoms with van der Waals surface area (Å²) in [4.78, 5) is 14.2. The Morgan fingerprint density at radius 1 is 1.62 bits per heavy atom. The van der Waals surface area contributed by atoms with Crippen molar-refractivity contribution in [3.8, 4) is 0 Å². The fraction of sp³-hybridized carbons (Fsp3) is 0.200. The highest BCUT2D eigenvalue weighted by Crippen LogP contribution is 2.04. The third kappa shape index (κ3) is 3.07. The van der Waals surface area contributed by atoms with Gasteiger partial charge in [0.2, 0.25) is 0 Å². The molecule has 1 aromatic heterocycles. The SMILES string of the molecule is CCc1cncc(C=CC(=O)O)c1. The van der Waals surface area contributed by atoms with Crippen LogP contribution in [0.1, 0.15) is 18.1 Å². The van der Waals surface area contributed by atoms with E-state index >= 15 is 0 Å². The number of aliphatic carboxylic acids is 1. The van der Waals surface area contributed by atoms with Gasteiger partial charge in [-0.05, 0) is 29.7 Å². The van der Waals surface area contributed by atoms with Crippen molar-refractivity contribution in [1.82, 2.24) is 4.98 Å². The van der Waals surface area contributed by atoms with Gasteiger partial charge in [0.05, 0.1) is 0 Å². The molecule has 0 atom stereocenters. The van der Waals surface area contributed by atoms with Crippen LogP contribution < -0.4 is 0 Å². The fourth-order valence-corrected chi connectivity index (χ4v) is 0.960. The maximum atomic E-state index is 10.2. The quantitative estimate of drug-likeness (QED) is 0.715. The first-order chi connectivity index (χ1) is 6.22. The van der Waals surface area contributed by atoms with Gasteiger partial charge in [0, 0.05) is 18.5 Å². The second-order valence-electron chi connectivity index (χ2n) is 2.65. The van der Waals surface area contributed by atoms with E-state index in [0.29, 0.717) is 0 Å². The van der Waals surface area contributed by atoms with Crippen LogP contribution in [0, 0.1) is 0 Å². The first-order valence-corrected chi connectivity index (χ1v) is 4.07. The van der Waals surface area contributed by atoms with Gasteiger partial charge in [-0.15, -0.1) is 0 Å². The third-order valence-corrected chi connectivity index (χ3v) is 1.64. The van der Waals surface area contributed by atoms with Crippen LogP contribution in [0.25, 0.3) is 6.08 Å². The van der Waals surface area contributed by atoms with Crippen LogP contribution in [0.4, 0.5) is 0 Å². The Labute approximate surface area is 76.7 Å². The van der Waals surface area contributed by atoms with Crippen LogP contribution in [0.3, 0.4) is 0 Å². The van der Waals surface area contributed by atoms with Gasteiger partial charge in [0.25, 0.3) is 0 Å². The molecule has 3 nitrogen and oxygen atoms in total. The van der Waals surface area contributed by atoms with Crippen molar-refractivity contribution in [2.45, 2.75) is 13.3 Å². The molecule has 0 fully saturated rings. The molecule has 0 saturated carbocycles. The topological polar surface area (TPSA) is 50.2 Å². The van der Waals surface area contributed by atoms with E-state index in [1.165, 1.54) is 6.08 Å². The number of carboxylic acid groups (broad SMARTS) is 1. The lowest BCUT2D eigenvalue weighted by Crippen LogP contribution is -1.87. The molecule has 0 saturated heterocycles. The molecule has 1 heterocycles. The molecule has 0 unspecified atom stereocenters. The zero-order valence-corrected chi connectivity index (χ0v) is 7.40. The first kappa shape index (κ1) is 9.45. The molecule has 0 aromatic carbocycles. The fourth-order valence-electron chi connectivity index (χ4n) is 0.960. The summed E-state index contributed by atoms with van der Waals surface area (Å²) in [6, 6.07) is 1.92. The zero-order valence-electron chi connectivity index (χ0n) is 7.40. The molecular formula is C10H11NO2. The number of pyridine rings is 1. The van der Waals surface area contributed by atoms with E-state index in [9.17, 15) is 4.79 Å². The van der Waals surface area contributed by atoms with Crippen LogP contribution in [0.15, 0.2) is 24.5 Å². The number of rotatable bonds is 3. The summed E-state index contributed by atoms with van der Waals surface area (Å²) in [6.45, 7) is 2.03. The number of carbonyl (C=O) groups is 1. The maximum Gasteiger partial charge on any atom is 0.328 e. The lowest BCUT2D eigenvalue weighted by atomic mass is 10.1. The lowest BCUT2D eigenvalue weighted by molar-refractivity contribution is -0.131. The highest BCUT2D eigenvalue weighted by molar-refractivity contribution is 5.85. The smallest absolute Gasteiger partial charge is 0.328 e. The molecule has 13 heavy (non-hydrogen) atoms. The van der Waals surface area contributed by atoms with Crippen molar-refractivity contribution < 1.29 is 9.90 Å².